The van der Waals surface area contributed by atoms with Gasteiger partial charge in [-0.1, -0.05) is 0 Å². The number of aryl methyl sites for hydroxylation is 1. The Kier molecular flexibility index (Phi) is 3.15. The molecule has 0 amide bonds. The number of carboxylic acid groups (broad SMARTS) is 1. The summed E-state index contributed by atoms with van der Waals surface area (Å²) < 4.78 is 24.5. The number of carbonyl (C=O) groups is 1. The van der Waals surface area contributed by atoms with E-state index in [-0.39, 0.29) is 21.4 Å². The largest absolute Gasteiger partial charge is 0.477 e. The molecule has 6 heteroatoms. The van der Waals surface area contributed by atoms with E-state index >= 15 is 0 Å². The summed E-state index contributed by atoms with van der Waals surface area (Å²) in [7, 11) is 0. The third-order valence-corrected chi connectivity index (χ3v) is 2.27. The van der Waals surface area contributed by atoms with E-state index in [1.165, 1.54) is 6.92 Å². The van der Waals surface area contributed by atoms with E-state index in [2.05, 4.69) is 20.9 Å². The molecule has 76 valence electrons. The lowest BCUT2D eigenvalue weighted by Gasteiger charge is -2.06. The maximum Gasteiger partial charge on any atom is 0.354 e. The molecule has 0 saturated carbocycles. The lowest BCUT2D eigenvalue weighted by atomic mass is 10.1. The van der Waals surface area contributed by atoms with Crippen LogP contribution in [0.5, 0.6) is 0 Å². The molecule has 0 atom stereocenters. The van der Waals surface area contributed by atoms with Gasteiger partial charge in [0.15, 0.2) is 5.69 Å². The Bertz CT molecular complexity index is 382. The number of aromatic nitrogens is 1. The van der Waals surface area contributed by atoms with Gasteiger partial charge in [0, 0.05) is 0 Å². The molecule has 1 aromatic rings. The Morgan fingerprint density at radius 1 is 1.64 bits per heavy atom. The second-order valence-electron chi connectivity index (χ2n) is 2.64. The van der Waals surface area contributed by atoms with Crippen LogP contribution in [0, 0.1) is 6.92 Å². The molecule has 0 spiro atoms. The summed E-state index contributed by atoms with van der Waals surface area (Å²) in [6.07, 6.45) is -2.67. The third-order valence-electron chi connectivity index (χ3n) is 1.63. The fraction of sp³-hybridized carbons (Fsp3) is 0.250. The molecule has 0 unspecified atom stereocenters. The van der Waals surface area contributed by atoms with E-state index in [0.29, 0.717) is 0 Å². The zero-order chi connectivity index (χ0) is 10.9. The fourth-order valence-corrected chi connectivity index (χ4v) is 1.45. The molecule has 0 aliphatic rings. The Morgan fingerprint density at radius 2 is 2.21 bits per heavy atom. The Hall–Kier alpha value is -1.04. The number of pyridine rings is 1. The van der Waals surface area contributed by atoms with Gasteiger partial charge in [-0.15, -0.1) is 0 Å². The lowest BCUT2D eigenvalue weighted by molar-refractivity contribution is 0.0688. The Morgan fingerprint density at radius 3 is 2.64 bits per heavy atom. The summed E-state index contributed by atoms with van der Waals surface area (Å²) >= 11 is 2.80. The topological polar surface area (TPSA) is 50.2 Å². The van der Waals surface area contributed by atoms with Crippen molar-refractivity contribution in [1.82, 2.24) is 4.98 Å². The number of halogens is 3. The van der Waals surface area contributed by atoms with Gasteiger partial charge in [0.1, 0.15) is 4.60 Å². The zero-order valence-corrected chi connectivity index (χ0v) is 8.68. The van der Waals surface area contributed by atoms with Crippen molar-refractivity contribution in [3.63, 3.8) is 0 Å². The fourth-order valence-electron chi connectivity index (χ4n) is 0.982. The summed E-state index contributed by atoms with van der Waals surface area (Å²) in [4.78, 5) is 14.1. The monoisotopic (exact) mass is 265 g/mol. The summed E-state index contributed by atoms with van der Waals surface area (Å²) in [6, 6.07) is 1.12. The van der Waals surface area contributed by atoms with Crippen LogP contribution in [0.25, 0.3) is 0 Å². The van der Waals surface area contributed by atoms with Gasteiger partial charge in [-0.3, -0.25) is 0 Å². The molecule has 14 heavy (non-hydrogen) atoms. The van der Waals surface area contributed by atoms with Gasteiger partial charge in [-0.2, -0.15) is 0 Å². The normalized spacial score (nSPS) is 10.6. The standard InChI is InChI=1S/C8H6BrF2NO2/c1-3-2-4(7(10)11)6(9)12-5(3)8(13)14/h2,7H,1H3,(H,13,14). The van der Waals surface area contributed by atoms with Gasteiger partial charge >= 0.3 is 5.97 Å². The van der Waals surface area contributed by atoms with Crippen molar-refractivity contribution in [3.05, 3.63) is 27.5 Å². The van der Waals surface area contributed by atoms with Crippen molar-refractivity contribution in [2.75, 3.05) is 0 Å². The van der Waals surface area contributed by atoms with E-state index in [9.17, 15) is 13.6 Å². The third kappa shape index (κ3) is 2.06. The summed E-state index contributed by atoms with van der Waals surface area (Å²) in [5.74, 6) is -1.23. The van der Waals surface area contributed by atoms with Crippen molar-refractivity contribution in [3.8, 4) is 0 Å². The van der Waals surface area contributed by atoms with Gasteiger partial charge < -0.3 is 5.11 Å². The average molecular weight is 266 g/mol. The van der Waals surface area contributed by atoms with Crippen LogP contribution < -0.4 is 0 Å². The second kappa shape index (κ2) is 4.00. The highest BCUT2D eigenvalue weighted by molar-refractivity contribution is 9.10. The van der Waals surface area contributed by atoms with Crippen molar-refractivity contribution in [2.45, 2.75) is 13.3 Å². The summed E-state index contributed by atoms with van der Waals surface area (Å²) in [5.41, 5.74) is -0.301. The number of hydrogen-bond acceptors (Lipinski definition) is 2. The van der Waals surface area contributed by atoms with Gasteiger partial charge in [-0.05, 0) is 34.5 Å². The molecule has 0 radical (unpaired) electrons. The number of carboxylic acids is 1. The molecule has 0 aliphatic carbocycles. The summed E-state index contributed by atoms with van der Waals surface area (Å²) in [6.45, 7) is 1.43. The van der Waals surface area contributed by atoms with Gasteiger partial charge in [0.25, 0.3) is 6.43 Å². The molecule has 3 nitrogen and oxygen atoms in total. The molecule has 1 rings (SSSR count). The second-order valence-corrected chi connectivity index (χ2v) is 3.39. The highest BCUT2D eigenvalue weighted by Gasteiger charge is 2.18. The number of rotatable bonds is 2. The van der Waals surface area contributed by atoms with E-state index in [1.807, 2.05) is 0 Å². The average Bonchev–Trinajstić information content (AvgIpc) is 2.07. The number of aromatic carboxylic acids is 1. The molecular weight excluding hydrogens is 260 g/mol. The highest BCUT2D eigenvalue weighted by Crippen LogP contribution is 2.27. The molecule has 0 bridgehead atoms. The SMILES string of the molecule is Cc1cc(C(F)F)c(Br)nc1C(=O)O. The zero-order valence-electron chi connectivity index (χ0n) is 7.09. The van der Waals surface area contributed by atoms with E-state index in [0.717, 1.165) is 6.07 Å². The molecule has 1 aromatic heterocycles. The first-order valence-electron chi connectivity index (χ1n) is 3.62. The summed E-state index contributed by atoms with van der Waals surface area (Å²) in [5, 5.41) is 8.65. The lowest BCUT2D eigenvalue weighted by Crippen LogP contribution is -2.05. The molecule has 0 aromatic carbocycles. The van der Waals surface area contributed by atoms with Crippen molar-refractivity contribution in [1.29, 1.82) is 0 Å². The molecular formula is C8H6BrF2NO2. The van der Waals surface area contributed by atoms with Gasteiger partial charge in [0.2, 0.25) is 0 Å². The van der Waals surface area contributed by atoms with E-state index < -0.39 is 12.4 Å². The predicted octanol–water partition coefficient (Wildman–Crippen LogP) is 2.79. The van der Waals surface area contributed by atoms with Gasteiger partial charge in [0.05, 0.1) is 5.56 Å². The van der Waals surface area contributed by atoms with Crippen LogP contribution in [0.2, 0.25) is 0 Å². The van der Waals surface area contributed by atoms with Crippen LogP contribution in [0.4, 0.5) is 8.78 Å². The molecule has 1 N–H and O–H groups in total. The van der Waals surface area contributed by atoms with Crippen LogP contribution in [0.3, 0.4) is 0 Å². The maximum atomic E-state index is 12.3. The first-order chi connectivity index (χ1) is 6.43. The molecule has 0 fully saturated rings. The Balaban J connectivity index is 3.31. The number of hydrogen-bond donors (Lipinski definition) is 1. The Labute approximate surface area is 86.9 Å². The van der Waals surface area contributed by atoms with E-state index in [4.69, 9.17) is 5.11 Å². The van der Waals surface area contributed by atoms with Crippen LogP contribution >= 0.6 is 15.9 Å². The van der Waals surface area contributed by atoms with Crippen molar-refractivity contribution >= 4 is 21.9 Å². The maximum absolute atomic E-state index is 12.3. The van der Waals surface area contributed by atoms with E-state index in [1.54, 1.807) is 0 Å². The minimum atomic E-state index is -2.67. The molecule has 0 aliphatic heterocycles. The van der Waals surface area contributed by atoms with Crippen LogP contribution in [-0.2, 0) is 0 Å². The van der Waals surface area contributed by atoms with Crippen molar-refractivity contribution in [2.24, 2.45) is 0 Å². The quantitative estimate of drug-likeness (QED) is 0.837. The highest BCUT2D eigenvalue weighted by atomic mass is 79.9. The molecule has 1 heterocycles. The minimum Gasteiger partial charge on any atom is -0.477 e. The predicted molar refractivity (Wildman–Crippen MR) is 48.6 cm³/mol. The first-order valence-corrected chi connectivity index (χ1v) is 4.41. The molecule has 0 saturated heterocycles. The van der Waals surface area contributed by atoms with Crippen LogP contribution in [-0.4, -0.2) is 16.1 Å². The number of alkyl halides is 2. The van der Waals surface area contributed by atoms with Gasteiger partial charge in [-0.25, -0.2) is 18.6 Å². The minimum absolute atomic E-state index is 0.129. The number of nitrogens with zero attached hydrogens (tertiary/aromatic N) is 1. The van der Waals surface area contributed by atoms with Crippen LogP contribution in [0.15, 0.2) is 10.7 Å². The first kappa shape index (κ1) is 11.0. The smallest absolute Gasteiger partial charge is 0.354 e. The van der Waals surface area contributed by atoms with Crippen LogP contribution in [0.1, 0.15) is 28.0 Å². The van der Waals surface area contributed by atoms with Crippen molar-refractivity contribution < 1.29 is 18.7 Å².